The van der Waals surface area contributed by atoms with Crippen molar-refractivity contribution >= 4 is 5.57 Å². The molecule has 0 aliphatic rings. The average Bonchev–Trinajstić information content (AvgIpc) is 2.46. The molecule has 0 amide bonds. The first kappa shape index (κ1) is 9.89. The van der Waals surface area contributed by atoms with Crippen molar-refractivity contribution in [2.75, 3.05) is 0 Å². The minimum atomic E-state index is -2.56. The van der Waals surface area contributed by atoms with Crippen molar-refractivity contribution in [1.82, 2.24) is 9.78 Å². The lowest BCUT2D eigenvalue weighted by molar-refractivity contribution is 0.0563. The third-order valence-corrected chi connectivity index (χ3v) is 1.97. The van der Waals surface area contributed by atoms with Crippen molar-refractivity contribution in [2.24, 2.45) is 0 Å². The minimum absolute atomic E-state index is 0.635. The van der Waals surface area contributed by atoms with Gasteiger partial charge in [-0.25, -0.2) is 4.68 Å². The molecule has 1 aromatic heterocycles. The first-order valence-corrected chi connectivity index (χ1v) is 4.03. The number of allylic oxidation sites excluding steroid dienone is 2. The summed E-state index contributed by atoms with van der Waals surface area (Å²) in [7, 11) is 0. The van der Waals surface area contributed by atoms with Crippen molar-refractivity contribution in [3.63, 3.8) is 0 Å². The van der Waals surface area contributed by atoms with E-state index >= 15 is 0 Å². The van der Waals surface area contributed by atoms with E-state index in [1.807, 2.05) is 19.9 Å². The van der Waals surface area contributed by atoms with Gasteiger partial charge in [-0.15, -0.1) is 0 Å². The zero-order valence-corrected chi connectivity index (χ0v) is 7.88. The lowest BCUT2D eigenvalue weighted by Gasteiger charge is -1.96. The first-order valence-electron chi connectivity index (χ1n) is 4.03. The summed E-state index contributed by atoms with van der Waals surface area (Å²) >= 11 is 0. The van der Waals surface area contributed by atoms with E-state index in [1.165, 1.54) is 6.20 Å². The predicted molar refractivity (Wildman–Crippen MR) is 47.5 cm³/mol. The standard InChI is InChI=1S/C9H12F2N2/c1-4-6(2)8-5-13(9(10)11)12-7(8)3/h4-5,9H,1-3H3. The Balaban J connectivity index is 3.10. The lowest BCUT2D eigenvalue weighted by Crippen LogP contribution is -1.97. The van der Waals surface area contributed by atoms with Gasteiger partial charge in [0.2, 0.25) is 0 Å². The highest BCUT2D eigenvalue weighted by molar-refractivity contribution is 5.64. The number of aromatic nitrogens is 2. The van der Waals surface area contributed by atoms with E-state index in [0.29, 0.717) is 10.4 Å². The number of aryl methyl sites for hydroxylation is 1. The molecule has 0 spiro atoms. The molecule has 0 fully saturated rings. The van der Waals surface area contributed by atoms with Crippen LogP contribution >= 0.6 is 0 Å². The van der Waals surface area contributed by atoms with Crippen LogP contribution in [0.4, 0.5) is 8.78 Å². The molecule has 1 aromatic rings. The number of rotatable bonds is 2. The van der Waals surface area contributed by atoms with Gasteiger partial charge in [-0.1, -0.05) is 6.08 Å². The van der Waals surface area contributed by atoms with Crippen LogP contribution in [0.15, 0.2) is 12.3 Å². The van der Waals surface area contributed by atoms with Crippen molar-refractivity contribution in [1.29, 1.82) is 0 Å². The summed E-state index contributed by atoms with van der Waals surface area (Å²) in [5.74, 6) is 0. The Hall–Kier alpha value is -1.19. The van der Waals surface area contributed by atoms with Gasteiger partial charge in [-0.05, 0) is 26.3 Å². The molecule has 0 saturated heterocycles. The van der Waals surface area contributed by atoms with Gasteiger partial charge in [-0.3, -0.25) is 0 Å². The molecule has 2 nitrogen and oxygen atoms in total. The SMILES string of the molecule is CC=C(C)c1cn(C(F)F)nc1C. The van der Waals surface area contributed by atoms with Gasteiger partial charge in [-0.2, -0.15) is 13.9 Å². The largest absolute Gasteiger partial charge is 0.333 e. The summed E-state index contributed by atoms with van der Waals surface area (Å²) in [6, 6.07) is 0. The summed E-state index contributed by atoms with van der Waals surface area (Å²) in [6.07, 6.45) is 3.25. The van der Waals surface area contributed by atoms with Gasteiger partial charge in [0.15, 0.2) is 0 Å². The first-order chi connectivity index (χ1) is 6.06. The fourth-order valence-electron chi connectivity index (χ4n) is 1.12. The molecule has 13 heavy (non-hydrogen) atoms. The molecular weight excluding hydrogens is 174 g/mol. The highest BCUT2D eigenvalue weighted by Crippen LogP contribution is 2.19. The van der Waals surface area contributed by atoms with Gasteiger partial charge in [0.1, 0.15) is 0 Å². The lowest BCUT2D eigenvalue weighted by atomic mass is 10.1. The Labute approximate surface area is 75.9 Å². The van der Waals surface area contributed by atoms with Crippen LogP contribution in [-0.2, 0) is 0 Å². The zero-order chi connectivity index (χ0) is 10.0. The van der Waals surface area contributed by atoms with Crippen LogP contribution in [0.1, 0.15) is 31.7 Å². The zero-order valence-electron chi connectivity index (χ0n) is 7.88. The van der Waals surface area contributed by atoms with Crippen LogP contribution in [-0.4, -0.2) is 9.78 Å². The second-order valence-electron chi connectivity index (χ2n) is 2.86. The van der Waals surface area contributed by atoms with Crippen LogP contribution in [0.2, 0.25) is 0 Å². The van der Waals surface area contributed by atoms with Crippen molar-refractivity contribution < 1.29 is 8.78 Å². The molecule has 0 bridgehead atoms. The maximum atomic E-state index is 12.2. The summed E-state index contributed by atoms with van der Waals surface area (Å²) in [4.78, 5) is 0. The number of nitrogens with zero attached hydrogens (tertiary/aromatic N) is 2. The minimum Gasteiger partial charge on any atom is -0.211 e. The summed E-state index contributed by atoms with van der Waals surface area (Å²) in [5.41, 5.74) is 2.38. The van der Waals surface area contributed by atoms with Gasteiger partial charge in [0.05, 0.1) is 5.69 Å². The second kappa shape index (κ2) is 3.68. The molecule has 0 N–H and O–H groups in total. The summed E-state index contributed by atoms with van der Waals surface area (Å²) < 4.78 is 25.1. The maximum absolute atomic E-state index is 12.2. The van der Waals surface area contributed by atoms with Crippen molar-refractivity contribution in [3.8, 4) is 0 Å². The number of hydrogen-bond acceptors (Lipinski definition) is 1. The summed E-state index contributed by atoms with van der Waals surface area (Å²) in [6.45, 7) is 2.91. The monoisotopic (exact) mass is 186 g/mol. The number of hydrogen-bond donors (Lipinski definition) is 0. The molecule has 0 unspecified atom stereocenters. The molecule has 0 saturated carbocycles. The Bertz CT molecular complexity index is 326. The molecule has 4 heteroatoms. The average molecular weight is 186 g/mol. The molecule has 0 aromatic carbocycles. The van der Waals surface area contributed by atoms with Crippen LogP contribution in [0.3, 0.4) is 0 Å². The molecular formula is C9H12F2N2. The quantitative estimate of drug-likeness (QED) is 0.694. The van der Waals surface area contributed by atoms with Crippen molar-refractivity contribution in [3.05, 3.63) is 23.5 Å². The van der Waals surface area contributed by atoms with Gasteiger partial charge in [0.25, 0.3) is 0 Å². The highest BCUT2D eigenvalue weighted by Gasteiger charge is 2.11. The van der Waals surface area contributed by atoms with Gasteiger partial charge in [0, 0.05) is 11.8 Å². The Morgan fingerprint density at radius 1 is 1.62 bits per heavy atom. The fourth-order valence-corrected chi connectivity index (χ4v) is 1.12. The van der Waals surface area contributed by atoms with Crippen LogP contribution in [0.5, 0.6) is 0 Å². The van der Waals surface area contributed by atoms with E-state index in [1.54, 1.807) is 6.92 Å². The second-order valence-corrected chi connectivity index (χ2v) is 2.86. The topological polar surface area (TPSA) is 17.8 Å². The molecule has 0 atom stereocenters. The van der Waals surface area contributed by atoms with Crippen LogP contribution in [0, 0.1) is 6.92 Å². The molecule has 1 rings (SSSR count). The van der Waals surface area contributed by atoms with Gasteiger partial charge < -0.3 is 0 Å². The van der Waals surface area contributed by atoms with E-state index in [2.05, 4.69) is 5.10 Å². The molecule has 0 aliphatic heterocycles. The molecule has 1 heterocycles. The maximum Gasteiger partial charge on any atom is 0.333 e. The van der Waals surface area contributed by atoms with E-state index in [0.717, 1.165) is 11.1 Å². The summed E-state index contributed by atoms with van der Waals surface area (Å²) in [5, 5.41) is 3.70. The highest BCUT2D eigenvalue weighted by atomic mass is 19.3. The van der Waals surface area contributed by atoms with Crippen molar-refractivity contribution in [2.45, 2.75) is 27.3 Å². The van der Waals surface area contributed by atoms with Gasteiger partial charge >= 0.3 is 6.55 Å². The van der Waals surface area contributed by atoms with Crippen LogP contribution in [0.25, 0.3) is 5.57 Å². The Kier molecular flexibility index (Phi) is 2.80. The third-order valence-electron chi connectivity index (χ3n) is 1.97. The van der Waals surface area contributed by atoms with E-state index in [-0.39, 0.29) is 0 Å². The molecule has 0 radical (unpaired) electrons. The van der Waals surface area contributed by atoms with Crippen LogP contribution < -0.4 is 0 Å². The molecule has 72 valence electrons. The number of halogens is 2. The van der Waals surface area contributed by atoms with E-state index in [9.17, 15) is 8.78 Å². The third kappa shape index (κ3) is 1.94. The fraction of sp³-hybridized carbons (Fsp3) is 0.444. The molecule has 0 aliphatic carbocycles. The van der Waals surface area contributed by atoms with E-state index in [4.69, 9.17) is 0 Å². The van der Waals surface area contributed by atoms with E-state index < -0.39 is 6.55 Å². The predicted octanol–water partition coefficient (Wildman–Crippen LogP) is 3.01. The Morgan fingerprint density at radius 3 is 2.62 bits per heavy atom. The Morgan fingerprint density at radius 2 is 2.23 bits per heavy atom. The normalized spacial score (nSPS) is 12.6. The smallest absolute Gasteiger partial charge is 0.211 e. The number of alkyl halides is 2.